The van der Waals surface area contributed by atoms with Crippen LogP contribution < -0.4 is 5.73 Å². The lowest BCUT2D eigenvalue weighted by Gasteiger charge is -2.10. The Balaban J connectivity index is 2.05. The van der Waals surface area contributed by atoms with Gasteiger partial charge in [-0.15, -0.1) is 0 Å². The Kier molecular flexibility index (Phi) is 5.91. The van der Waals surface area contributed by atoms with Crippen LogP contribution in [0.1, 0.15) is 38.3 Å². The van der Waals surface area contributed by atoms with Crippen molar-refractivity contribution in [3.8, 4) is 0 Å². The van der Waals surface area contributed by atoms with Crippen LogP contribution in [0.3, 0.4) is 0 Å². The second kappa shape index (κ2) is 6.99. The molecular formula is C12H21NOS. The Hall–Kier alpha value is -0.380. The summed E-state index contributed by atoms with van der Waals surface area (Å²) in [6.45, 7) is 6.04. The van der Waals surface area contributed by atoms with E-state index in [0.717, 1.165) is 32.0 Å². The zero-order valence-electron chi connectivity index (χ0n) is 9.61. The van der Waals surface area contributed by atoms with Gasteiger partial charge in [0, 0.05) is 19.3 Å². The van der Waals surface area contributed by atoms with Gasteiger partial charge in [-0.05, 0) is 41.1 Å². The van der Waals surface area contributed by atoms with Crippen molar-refractivity contribution in [2.45, 2.75) is 32.7 Å². The molecule has 15 heavy (non-hydrogen) atoms. The van der Waals surface area contributed by atoms with E-state index in [9.17, 15) is 0 Å². The van der Waals surface area contributed by atoms with Gasteiger partial charge in [0.15, 0.2) is 0 Å². The predicted octanol–water partition coefficient (Wildman–Crippen LogP) is 3.20. The van der Waals surface area contributed by atoms with Crippen LogP contribution in [0.25, 0.3) is 0 Å². The molecule has 0 aliphatic rings. The molecule has 1 rings (SSSR count). The Bertz CT molecular complexity index is 246. The highest BCUT2D eigenvalue weighted by atomic mass is 32.1. The SMILES string of the molecule is CC(C)CCOCCC(N)c1ccsc1. The molecule has 1 atom stereocenters. The molecule has 3 heteroatoms. The lowest BCUT2D eigenvalue weighted by atomic mass is 10.1. The van der Waals surface area contributed by atoms with Gasteiger partial charge < -0.3 is 10.5 Å². The standard InChI is InChI=1S/C12H21NOS/c1-10(2)3-6-14-7-4-12(13)11-5-8-15-9-11/h5,8-10,12H,3-4,6-7,13H2,1-2H3. The van der Waals surface area contributed by atoms with Gasteiger partial charge in [0.2, 0.25) is 0 Å². The molecular weight excluding hydrogens is 206 g/mol. The quantitative estimate of drug-likeness (QED) is 0.726. The monoisotopic (exact) mass is 227 g/mol. The largest absolute Gasteiger partial charge is 0.381 e. The van der Waals surface area contributed by atoms with Crippen LogP contribution in [0.5, 0.6) is 0 Å². The number of nitrogens with two attached hydrogens (primary N) is 1. The molecule has 0 bridgehead atoms. The molecule has 0 amide bonds. The number of hydrogen-bond acceptors (Lipinski definition) is 3. The zero-order chi connectivity index (χ0) is 11.1. The fourth-order valence-electron chi connectivity index (χ4n) is 1.28. The first-order valence-corrected chi connectivity index (χ1v) is 6.50. The van der Waals surface area contributed by atoms with Gasteiger partial charge in [-0.25, -0.2) is 0 Å². The Labute approximate surface area is 96.4 Å². The van der Waals surface area contributed by atoms with Gasteiger partial charge in [-0.1, -0.05) is 13.8 Å². The lowest BCUT2D eigenvalue weighted by Crippen LogP contribution is -2.12. The molecule has 2 nitrogen and oxygen atoms in total. The average Bonchev–Trinajstić information content (AvgIpc) is 2.69. The van der Waals surface area contributed by atoms with Crippen LogP contribution in [0.2, 0.25) is 0 Å². The normalized spacial score (nSPS) is 13.3. The Morgan fingerprint density at radius 1 is 1.33 bits per heavy atom. The van der Waals surface area contributed by atoms with Crippen molar-refractivity contribution in [1.82, 2.24) is 0 Å². The van der Waals surface area contributed by atoms with Crippen molar-refractivity contribution in [2.24, 2.45) is 11.7 Å². The molecule has 2 N–H and O–H groups in total. The van der Waals surface area contributed by atoms with Crippen LogP contribution in [-0.4, -0.2) is 13.2 Å². The predicted molar refractivity (Wildman–Crippen MR) is 66.1 cm³/mol. The van der Waals surface area contributed by atoms with E-state index in [1.165, 1.54) is 5.56 Å². The van der Waals surface area contributed by atoms with E-state index >= 15 is 0 Å². The average molecular weight is 227 g/mol. The zero-order valence-corrected chi connectivity index (χ0v) is 10.4. The number of ether oxygens (including phenoxy) is 1. The highest BCUT2D eigenvalue weighted by Gasteiger charge is 2.05. The van der Waals surface area contributed by atoms with E-state index in [1.807, 2.05) is 0 Å². The summed E-state index contributed by atoms with van der Waals surface area (Å²) in [6.07, 6.45) is 2.04. The molecule has 86 valence electrons. The maximum absolute atomic E-state index is 6.01. The maximum Gasteiger partial charge on any atom is 0.0484 e. The third kappa shape index (κ3) is 5.30. The maximum atomic E-state index is 6.01. The molecule has 1 heterocycles. The van der Waals surface area contributed by atoms with Crippen molar-refractivity contribution in [2.75, 3.05) is 13.2 Å². The molecule has 1 aromatic rings. The summed E-state index contributed by atoms with van der Waals surface area (Å²) in [7, 11) is 0. The Morgan fingerprint density at radius 2 is 2.07 bits per heavy atom. The molecule has 0 aromatic carbocycles. The third-order valence-electron chi connectivity index (χ3n) is 2.38. The van der Waals surface area contributed by atoms with E-state index in [0.29, 0.717) is 0 Å². The number of rotatable bonds is 7. The molecule has 1 aromatic heterocycles. The van der Waals surface area contributed by atoms with Crippen molar-refractivity contribution < 1.29 is 4.74 Å². The summed E-state index contributed by atoms with van der Waals surface area (Å²) in [5, 5.41) is 4.17. The van der Waals surface area contributed by atoms with Crippen molar-refractivity contribution in [3.05, 3.63) is 22.4 Å². The van der Waals surface area contributed by atoms with Crippen LogP contribution in [0, 0.1) is 5.92 Å². The molecule has 0 spiro atoms. The van der Waals surface area contributed by atoms with Gasteiger partial charge in [-0.2, -0.15) is 11.3 Å². The summed E-state index contributed by atoms with van der Waals surface area (Å²) < 4.78 is 5.54. The second-order valence-corrected chi connectivity index (χ2v) is 5.03. The first kappa shape index (κ1) is 12.7. The van der Waals surface area contributed by atoms with Gasteiger partial charge >= 0.3 is 0 Å². The van der Waals surface area contributed by atoms with Crippen LogP contribution in [0.15, 0.2) is 16.8 Å². The summed E-state index contributed by atoms with van der Waals surface area (Å²) in [6, 6.07) is 2.22. The van der Waals surface area contributed by atoms with Crippen molar-refractivity contribution in [1.29, 1.82) is 0 Å². The molecule has 0 aliphatic carbocycles. The molecule has 1 unspecified atom stereocenters. The fraction of sp³-hybridized carbons (Fsp3) is 0.667. The molecule has 0 aliphatic heterocycles. The lowest BCUT2D eigenvalue weighted by molar-refractivity contribution is 0.117. The van der Waals surface area contributed by atoms with Crippen LogP contribution in [-0.2, 0) is 4.74 Å². The fourth-order valence-corrected chi connectivity index (χ4v) is 2.01. The van der Waals surface area contributed by atoms with Crippen LogP contribution in [0.4, 0.5) is 0 Å². The van der Waals surface area contributed by atoms with E-state index in [2.05, 4.69) is 30.7 Å². The highest BCUT2D eigenvalue weighted by Crippen LogP contribution is 2.16. The van der Waals surface area contributed by atoms with Gasteiger partial charge in [-0.3, -0.25) is 0 Å². The number of hydrogen-bond donors (Lipinski definition) is 1. The van der Waals surface area contributed by atoms with Crippen molar-refractivity contribution >= 4 is 11.3 Å². The summed E-state index contributed by atoms with van der Waals surface area (Å²) >= 11 is 1.69. The first-order chi connectivity index (χ1) is 7.20. The topological polar surface area (TPSA) is 35.2 Å². The van der Waals surface area contributed by atoms with Gasteiger partial charge in [0.1, 0.15) is 0 Å². The first-order valence-electron chi connectivity index (χ1n) is 5.55. The minimum absolute atomic E-state index is 0.135. The molecule has 0 saturated carbocycles. The summed E-state index contributed by atoms with van der Waals surface area (Å²) in [5.41, 5.74) is 7.24. The molecule has 0 radical (unpaired) electrons. The van der Waals surface area contributed by atoms with Gasteiger partial charge in [0.05, 0.1) is 0 Å². The molecule has 0 fully saturated rings. The van der Waals surface area contributed by atoms with Crippen LogP contribution >= 0.6 is 11.3 Å². The third-order valence-corrected chi connectivity index (χ3v) is 3.09. The van der Waals surface area contributed by atoms with E-state index < -0.39 is 0 Å². The van der Waals surface area contributed by atoms with E-state index in [4.69, 9.17) is 10.5 Å². The molecule has 0 saturated heterocycles. The minimum Gasteiger partial charge on any atom is -0.381 e. The van der Waals surface area contributed by atoms with Gasteiger partial charge in [0.25, 0.3) is 0 Å². The van der Waals surface area contributed by atoms with Crippen molar-refractivity contribution in [3.63, 3.8) is 0 Å². The number of thiophene rings is 1. The summed E-state index contributed by atoms with van der Waals surface area (Å²) in [5.74, 6) is 0.718. The van der Waals surface area contributed by atoms with E-state index in [1.54, 1.807) is 11.3 Å². The summed E-state index contributed by atoms with van der Waals surface area (Å²) in [4.78, 5) is 0. The smallest absolute Gasteiger partial charge is 0.0484 e. The van der Waals surface area contributed by atoms with E-state index in [-0.39, 0.29) is 6.04 Å². The highest BCUT2D eigenvalue weighted by molar-refractivity contribution is 7.07. The minimum atomic E-state index is 0.135. The Morgan fingerprint density at radius 3 is 2.67 bits per heavy atom. The second-order valence-electron chi connectivity index (χ2n) is 4.25.